The predicted octanol–water partition coefficient (Wildman–Crippen LogP) is 3.28. The van der Waals surface area contributed by atoms with E-state index in [9.17, 15) is 0 Å². The third-order valence-corrected chi connectivity index (χ3v) is 1.66. The summed E-state index contributed by atoms with van der Waals surface area (Å²) in [6.45, 7) is 0. The Morgan fingerprint density at radius 3 is 1.57 bits per heavy atom. The average molecular weight is 297 g/mol. The molecule has 0 aliphatic heterocycles. The molecular weight excluding hydrogens is 292 g/mol. The summed E-state index contributed by atoms with van der Waals surface area (Å²) in [7, 11) is 4.81. The van der Waals surface area contributed by atoms with Gasteiger partial charge >= 0.3 is 8.26 Å². The third kappa shape index (κ3) is 7.53. The highest BCUT2D eigenvalue weighted by Crippen LogP contribution is 2.25. The molecule has 0 bridgehead atoms. The van der Waals surface area contributed by atoms with Gasteiger partial charge in [0, 0.05) is 21.4 Å². The van der Waals surface area contributed by atoms with Crippen molar-refractivity contribution in [2.24, 2.45) is 0 Å². The highest BCUT2D eigenvalue weighted by molar-refractivity contribution is 8.31. The van der Waals surface area contributed by atoms with Crippen LogP contribution in [0.4, 0.5) is 5.69 Å². The Morgan fingerprint density at radius 1 is 1.07 bits per heavy atom. The summed E-state index contributed by atoms with van der Waals surface area (Å²) in [5.74, 6) is 0. The fraction of sp³-hybridized carbons (Fsp3) is 0. The minimum atomic E-state index is -3.72. The third-order valence-electron chi connectivity index (χ3n) is 1.000. The van der Waals surface area contributed by atoms with Crippen LogP contribution in [-0.4, -0.2) is 8.42 Å². The molecule has 8 heteroatoms. The Balaban J connectivity index is 0.000000292. The van der Waals surface area contributed by atoms with Crippen LogP contribution in [0.15, 0.2) is 18.2 Å². The molecule has 80 valence electrons. The predicted molar refractivity (Wildman–Crippen MR) is 61.5 cm³/mol. The molecule has 0 radical (unpaired) electrons. The maximum atomic E-state index is 9.16. The molecule has 0 spiro atoms. The lowest BCUT2D eigenvalue weighted by atomic mass is 10.3. The fourth-order valence-corrected chi connectivity index (χ4v) is 0.908. The average Bonchev–Trinajstić information content (AvgIpc) is 1.97. The lowest BCUT2D eigenvalue weighted by Crippen LogP contribution is -1.85. The first-order valence-corrected chi connectivity index (χ1v) is 6.94. The quantitative estimate of drug-likeness (QED) is 0.590. The van der Waals surface area contributed by atoms with E-state index in [1.807, 2.05) is 0 Å². The normalized spacial score (nSPS) is 10.3. The number of hydrogen-bond acceptors (Lipinski definition) is 3. The van der Waals surface area contributed by atoms with E-state index < -0.39 is 8.26 Å². The summed E-state index contributed by atoms with van der Waals surface area (Å²) >= 11 is 11.2. The van der Waals surface area contributed by atoms with Crippen LogP contribution in [0.3, 0.4) is 0 Å². The fourth-order valence-electron chi connectivity index (χ4n) is 0.511. The topological polar surface area (TPSA) is 60.2 Å². The van der Waals surface area contributed by atoms with E-state index in [2.05, 4.69) is 21.4 Å². The van der Waals surface area contributed by atoms with Crippen LogP contribution < -0.4 is 5.73 Å². The highest BCUT2D eigenvalue weighted by atomic mass is 36.0. The Morgan fingerprint density at radius 2 is 1.36 bits per heavy atom. The van der Waals surface area contributed by atoms with Crippen LogP contribution in [0.5, 0.6) is 0 Å². The van der Waals surface area contributed by atoms with E-state index in [4.69, 9.17) is 37.4 Å². The molecule has 0 saturated carbocycles. The zero-order chi connectivity index (χ0) is 11.4. The van der Waals surface area contributed by atoms with Crippen LogP contribution in [0.25, 0.3) is 0 Å². The van der Waals surface area contributed by atoms with Crippen molar-refractivity contribution in [1.29, 1.82) is 0 Å². The molecule has 0 aliphatic rings. The standard InChI is InChI=1S/C6H5Cl2N.Cl2O2S/c7-4-2-1-3-5(8)6(4)9;1-5(2,3)4/h1-3H,9H2;. The van der Waals surface area contributed by atoms with E-state index in [1.54, 1.807) is 18.2 Å². The number of anilines is 1. The van der Waals surface area contributed by atoms with Crippen LogP contribution >= 0.6 is 44.6 Å². The van der Waals surface area contributed by atoms with Gasteiger partial charge < -0.3 is 5.73 Å². The molecule has 2 N–H and O–H groups in total. The van der Waals surface area contributed by atoms with Gasteiger partial charge in [-0.15, -0.1) is 0 Å². The van der Waals surface area contributed by atoms with Gasteiger partial charge in [0.15, 0.2) is 0 Å². The van der Waals surface area contributed by atoms with Gasteiger partial charge in [0.1, 0.15) is 0 Å². The summed E-state index contributed by atoms with van der Waals surface area (Å²) in [5, 5.41) is 1.00. The molecule has 0 amide bonds. The molecule has 0 unspecified atom stereocenters. The number of benzene rings is 1. The van der Waals surface area contributed by atoms with Crippen molar-refractivity contribution in [2.75, 3.05) is 5.73 Å². The zero-order valence-electron chi connectivity index (χ0n) is 6.55. The first-order valence-electron chi connectivity index (χ1n) is 3.05. The molecule has 14 heavy (non-hydrogen) atoms. The van der Waals surface area contributed by atoms with Crippen molar-refractivity contribution in [3.05, 3.63) is 28.2 Å². The van der Waals surface area contributed by atoms with Gasteiger partial charge in [0.25, 0.3) is 0 Å². The summed E-state index contributed by atoms with van der Waals surface area (Å²) in [4.78, 5) is 0. The molecule has 1 aromatic rings. The summed E-state index contributed by atoms with van der Waals surface area (Å²) in [6, 6.07) is 5.15. The summed E-state index contributed by atoms with van der Waals surface area (Å²) in [5.41, 5.74) is 5.86. The number of hydrogen-bond donors (Lipinski definition) is 1. The van der Waals surface area contributed by atoms with Crippen LogP contribution in [0.2, 0.25) is 10.0 Å². The molecule has 0 aromatic heterocycles. The Kier molecular flexibility index (Phi) is 5.93. The summed E-state index contributed by atoms with van der Waals surface area (Å²) < 4.78 is 18.3. The van der Waals surface area contributed by atoms with Gasteiger partial charge in [0.2, 0.25) is 0 Å². The number of nitrogens with two attached hydrogens (primary N) is 1. The molecule has 3 nitrogen and oxygen atoms in total. The number of nitrogen functional groups attached to an aromatic ring is 1. The molecule has 0 saturated heterocycles. The first-order chi connectivity index (χ1) is 6.22. The molecule has 0 fully saturated rings. The smallest absolute Gasteiger partial charge is 0.317 e. The molecule has 1 rings (SSSR count). The van der Waals surface area contributed by atoms with Crippen LogP contribution in [0.1, 0.15) is 0 Å². The summed E-state index contributed by atoms with van der Waals surface area (Å²) in [6.07, 6.45) is 0. The Hall–Kier alpha value is 0.130. The zero-order valence-corrected chi connectivity index (χ0v) is 10.4. The molecule has 0 atom stereocenters. The van der Waals surface area contributed by atoms with E-state index in [-0.39, 0.29) is 0 Å². The lowest BCUT2D eigenvalue weighted by molar-refractivity contribution is 0.621. The van der Waals surface area contributed by atoms with Crippen LogP contribution in [-0.2, 0) is 8.26 Å². The second-order valence-electron chi connectivity index (χ2n) is 2.01. The minimum absolute atomic E-state index is 0.445. The van der Waals surface area contributed by atoms with Gasteiger partial charge in [-0.2, -0.15) is 8.42 Å². The minimum Gasteiger partial charge on any atom is -0.396 e. The van der Waals surface area contributed by atoms with Crippen molar-refractivity contribution in [1.82, 2.24) is 0 Å². The molecular formula is C6H5Cl4NO2S. The van der Waals surface area contributed by atoms with Crippen molar-refractivity contribution in [3.8, 4) is 0 Å². The molecule has 0 aliphatic carbocycles. The van der Waals surface area contributed by atoms with Gasteiger partial charge in [-0.1, -0.05) is 29.3 Å². The van der Waals surface area contributed by atoms with Crippen molar-refractivity contribution in [2.45, 2.75) is 0 Å². The van der Waals surface area contributed by atoms with Crippen molar-refractivity contribution >= 4 is 58.5 Å². The number of rotatable bonds is 0. The van der Waals surface area contributed by atoms with Gasteiger partial charge in [-0.05, 0) is 12.1 Å². The van der Waals surface area contributed by atoms with Crippen LogP contribution in [0, 0.1) is 0 Å². The first kappa shape index (κ1) is 14.1. The SMILES string of the molecule is Nc1c(Cl)cccc1Cl.O=S(=O)(Cl)Cl. The Bertz CT molecular complexity index is 378. The maximum Gasteiger partial charge on any atom is 0.317 e. The van der Waals surface area contributed by atoms with Gasteiger partial charge in [-0.3, -0.25) is 0 Å². The van der Waals surface area contributed by atoms with Gasteiger partial charge in [0.05, 0.1) is 15.7 Å². The van der Waals surface area contributed by atoms with E-state index in [0.717, 1.165) is 0 Å². The monoisotopic (exact) mass is 295 g/mol. The number of halogens is 4. The van der Waals surface area contributed by atoms with Crippen molar-refractivity contribution in [3.63, 3.8) is 0 Å². The largest absolute Gasteiger partial charge is 0.396 e. The maximum absolute atomic E-state index is 9.16. The highest BCUT2D eigenvalue weighted by Gasteiger charge is 1.97. The van der Waals surface area contributed by atoms with E-state index in [1.165, 1.54) is 0 Å². The number of para-hydroxylation sites is 1. The Labute approximate surface area is 101 Å². The van der Waals surface area contributed by atoms with Crippen molar-refractivity contribution < 1.29 is 8.42 Å². The molecule has 0 heterocycles. The second-order valence-corrected chi connectivity index (χ2v) is 6.50. The van der Waals surface area contributed by atoms with E-state index >= 15 is 0 Å². The van der Waals surface area contributed by atoms with E-state index in [0.29, 0.717) is 15.7 Å². The molecule has 1 aromatic carbocycles. The second kappa shape index (κ2) is 5.88. The lowest BCUT2D eigenvalue weighted by Gasteiger charge is -1.96. The van der Waals surface area contributed by atoms with Gasteiger partial charge in [-0.25, -0.2) is 0 Å².